The van der Waals surface area contributed by atoms with E-state index in [1.807, 2.05) is 0 Å². The Kier molecular flexibility index (Phi) is 6.59. The van der Waals surface area contributed by atoms with E-state index in [0.717, 1.165) is 12.0 Å². The first kappa shape index (κ1) is 20.2. The van der Waals surface area contributed by atoms with Crippen molar-refractivity contribution < 1.29 is 13.2 Å². The van der Waals surface area contributed by atoms with Gasteiger partial charge in [0.05, 0.1) is 11.8 Å². The molecule has 4 nitrogen and oxygen atoms in total. The third kappa shape index (κ3) is 5.70. The van der Waals surface area contributed by atoms with Gasteiger partial charge in [0, 0.05) is 11.8 Å². The number of nitrogens with one attached hydrogen (secondary N) is 1. The number of hydrogen-bond acceptors (Lipinski definition) is 3. The highest BCUT2D eigenvalue weighted by molar-refractivity contribution is 7.89. The summed E-state index contributed by atoms with van der Waals surface area (Å²) < 4.78 is 22.7. The number of sulfone groups is 1. The van der Waals surface area contributed by atoms with E-state index in [4.69, 9.17) is 0 Å². The first-order valence-corrected chi connectivity index (χ1v) is 10.9. The molecule has 1 amide bonds. The van der Waals surface area contributed by atoms with E-state index in [1.54, 1.807) is 24.3 Å². The monoisotopic (exact) mass is 373 g/mol. The van der Waals surface area contributed by atoms with E-state index < -0.39 is 9.84 Å². The summed E-state index contributed by atoms with van der Waals surface area (Å²) in [4.78, 5) is 12.6. The van der Waals surface area contributed by atoms with Gasteiger partial charge in [-0.15, -0.1) is 0 Å². The summed E-state index contributed by atoms with van der Waals surface area (Å²) in [5, 5.41) is 3.10. The number of benzene rings is 2. The maximum atomic E-state index is 12.6. The molecule has 0 fully saturated rings. The fourth-order valence-corrected chi connectivity index (χ4v) is 3.67. The van der Waals surface area contributed by atoms with E-state index >= 15 is 0 Å². The first-order chi connectivity index (χ1) is 12.2. The molecule has 0 aliphatic carbocycles. The summed E-state index contributed by atoms with van der Waals surface area (Å²) in [6.07, 6.45) is 2.18. The molecule has 0 heterocycles. The largest absolute Gasteiger partial charge is 0.345 e. The highest BCUT2D eigenvalue weighted by Gasteiger charge is 2.19. The molecule has 2 aromatic rings. The van der Waals surface area contributed by atoms with Gasteiger partial charge in [0.25, 0.3) is 5.91 Å². The van der Waals surface area contributed by atoms with Crippen LogP contribution in [0.4, 0.5) is 0 Å². The second-order valence-corrected chi connectivity index (χ2v) is 9.20. The molecular weight excluding hydrogens is 346 g/mol. The fraction of sp³-hybridized carbons (Fsp3) is 0.381. The van der Waals surface area contributed by atoms with Crippen molar-refractivity contribution in [1.82, 2.24) is 5.32 Å². The molecule has 0 saturated heterocycles. The van der Waals surface area contributed by atoms with Gasteiger partial charge in [0.15, 0.2) is 9.84 Å². The zero-order valence-electron chi connectivity index (χ0n) is 15.8. The topological polar surface area (TPSA) is 63.2 Å². The zero-order chi connectivity index (χ0) is 19.3. The molecule has 1 unspecified atom stereocenters. The molecule has 0 radical (unpaired) electrons. The second kappa shape index (κ2) is 8.49. The maximum Gasteiger partial charge on any atom is 0.251 e. The van der Waals surface area contributed by atoms with Crippen LogP contribution in [0.2, 0.25) is 0 Å². The summed E-state index contributed by atoms with van der Waals surface area (Å²) in [7, 11) is -3.08. The van der Waals surface area contributed by atoms with Crippen LogP contribution in [-0.2, 0) is 22.0 Å². The van der Waals surface area contributed by atoms with Crippen LogP contribution in [0.15, 0.2) is 48.5 Å². The third-order valence-electron chi connectivity index (χ3n) is 4.35. The zero-order valence-corrected chi connectivity index (χ0v) is 16.6. The second-order valence-electron chi connectivity index (χ2n) is 7.06. The van der Waals surface area contributed by atoms with Crippen LogP contribution >= 0.6 is 0 Å². The summed E-state index contributed by atoms with van der Waals surface area (Å²) in [6.45, 7) is 6.27. The average Bonchev–Trinajstić information content (AvgIpc) is 2.58. The van der Waals surface area contributed by atoms with Gasteiger partial charge < -0.3 is 5.32 Å². The van der Waals surface area contributed by atoms with Gasteiger partial charge >= 0.3 is 0 Å². The van der Waals surface area contributed by atoms with E-state index in [2.05, 4.69) is 50.4 Å². The molecule has 0 bridgehead atoms. The Morgan fingerprint density at radius 1 is 0.962 bits per heavy atom. The molecule has 0 aliphatic rings. The van der Waals surface area contributed by atoms with Gasteiger partial charge in [-0.3, -0.25) is 4.79 Å². The van der Waals surface area contributed by atoms with Crippen LogP contribution in [0.3, 0.4) is 0 Å². The predicted octanol–water partition coefficient (Wildman–Crippen LogP) is 3.92. The van der Waals surface area contributed by atoms with Crippen LogP contribution in [0.1, 0.15) is 53.9 Å². The SMILES string of the molecule is CCc1ccc(C(NC(=O)c2ccc(CS(C)(=O)=O)cc2)C(C)C)cc1. The minimum atomic E-state index is -3.08. The first-order valence-electron chi connectivity index (χ1n) is 8.86. The Bertz CT molecular complexity index is 838. The van der Waals surface area contributed by atoms with E-state index in [0.29, 0.717) is 11.1 Å². The normalized spacial score (nSPS) is 12.8. The number of hydrogen-bond donors (Lipinski definition) is 1. The van der Waals surface area contributed by atoms with Crippen LogP contribution in [0.5, 0.6) is 0 Å². The standard InChI is InChI=1S/C21H27NO3S/c1-5-16-6-10-18(11-7-16)20(15(2)3)22-21(23)19-12-8-17(9-13-19)14-26(4,24)25/h6-13,15,20H,5,14H2,1-4H3,(H,22,23). The van der Waals surface area contributed by atoms with Gasteiger partial charge in [0.1, 0.15) is 0 Å². The van der Waals surface area contributed by atoms with Crippen molar-refractivity contribution in [3.63, 3.8) is 0 Å². The number of amides is 1. The van der Waals surface area contributed by atoms with Crippen molar-refractivity contribution in [2.24, 2.45) is 5.92 Å². The quantitative estimate of drug-likeness (QED) is 0.800. The molecular formula is C21H27NO3S. The minimum Gasteiger partial charge on any atom is -0.345 e. The van der Waals surface area contributed by atoms with E-state index in [1.165, 1.54) is 11.8 Å². The molecule has 0 aromatic heterocycles. The fourth-order valence-electron chi connectivity index (χ4n) is 2.88. The van der Waals surface area contributed by atoms with Crippen molar-refractivity contribution in [3.8, 4) is 0 Å². The van der Waals surface area contributed by atoms with Crippen molar-refractivity contribution in [2.45, 2.75) is 39.0 Å². The maximum absolute atomic E-state index is 12.6. The summed E-state index contributed by atoms with van der Waals surface area (Å²) in [5.74, 6) is 0.0675. The van der Waals surface area contributed by atoms with Crippen molar-refractivity contribution in [1.29, 1.82) is 0 Å². The Balaban J connectivity index is 2.14. The predicted molar refractivity (Wildman–Crippen MR) is 106 cm³/mol. The van der Waals surface area contributed by atoms with Gasteiger partial charge in [-0.2, -0.15) is 0 Å². The number of rotatable bonds is 7. The summed E-state index contributed by atoms with van der Waals surface area (Å²) >= 11 is 0. The summed E-state index contributed by atoms with van der Waals surface area (Å²) in [5.41, 5.74) is 3.56. The number of aryl methyl sites for hydroxylation is 1. The van der Waals surface area contributed by atoms with Crippen molar-refractivity contribution >= 4 is 15.7 Å². The Hall–Kier alpha value is -2.14. The van der Waals surface area contributed by atoms with E-state index in [-0.39, 0.29) is 23.6 Å². The molecule has 26 heavy (non-hydrogen) atoms. The van der Waals surface area contributed by atoms with Gasteiger partial charge in [-0.1, -0.05) is 57.2 Å². The average molecular weight is 374 g/mol. The van der Waals surface area contributed by atoms with Crippen molar-refractivity contribution in [3.05, 3.63) is 70.8 Å². The van der Waals surface area contributed by atoms with Crippen LogP contribution in [0, 0.1) is 5.92 Å². The molecule has 0 spiro atoms. The lowest BCUT2D eigenvalue weighted by Gasteiger charge is -2.23. The van der Waals surface area contributed by atoms with Crippen LogP contribution < -0.4 is 5.32 Å². The highest BCUT2D eigenvalue weighted by atomic mass is 32.2. The smallest absolute Gasteiger partial charge is 0.251 e. The highest BCUT2D eigenvalue weighted by Crippen LogP contribution is 2.23. The van der Waals surface area contributed by atoms with Gasteiger partial charge in [0.2, 0.25) is 0 Å². The van der Waals surface area contributed by atoms with Gasteiger partial charge in [-0.25, -0.2) is 8.42 Å². The Morgan fingerprint density at radius 3 is 1.96 bits per heavy atom. The molecule has 0 saturated carbocycles. The third-order valence-corrected chi connectivity index (χ3v) is 5.20. The Labute approximate surface area is 156 Å². The van der Waals surface area contributed by atoms with Crippen LogP contribution in [0.25, 0.3) is 0 Å². The lowest BCUT2D eigenvalue weighted by Crippen LogP contribution is -2.31. The molecule has 5 heteroatoms. The minimum absolute atomic E-state index is 0.0205. The molecule has 140 valence electrons. The molecule has 1 atom stereocenters. The van der Waals surface area contributed by atoms with Gasteiger partial charge in [-0.05, 0) is 41.2 Å². The molecule has 1 N–H and O–H groups in total. The summed E-state index contributed by atoms with van der Waals surface area (Å²) in [6, 6.07) is 15.0. The Morgan fingerprint density at radius 2 is 1.50 bits per heavy atom. The van der Waals surface area contributed by atoms with Crippen molar-refractivity contribution in [2.75, 3.05) is 6.26 Å². The molecule has 2 rings (SSSR count). The molecule has 0 aliphatic heterocycles. The number of carbonyl (C=O) groups excluding carboxylic acids is 1. The lowest BCUT2D eigenvalue weighted by molar-refractivity contribution is 0.0925. The van der Waals surface area contributed by atoms with Crippen LogP contribution in [-0.4, -0.2) is 20.6 Å². The number of carbonyl (C=O) groups is 1. The molecule has 2 aromatic carbocycles. The van der Waals surface area contributed by atoms with E-state index in [9.17, 15) is 13.2 Å². The lowest BCUT2D eigenvalue weighted by atomic mass is 9.94.